The summed E-state index contributed by atoms with van der Waals surface area (Å²) in [5.41, 5.74) is -0.178. The van der Waals surface area contributed by atoms with Gasteiger partial charge >= 0.3 is 5.97 Å². The lowest BCUT2D eigenvalue weighted by Gasteiger charge is -2.48. The maximum absolute atomic E-state index is 12.3. The molecule has 0 aromatic carbocycles. The quantitative estimate of drug-likeness (QED) is 0.688. The first kappa shape index (κ1) is 14.9. The van der Waals surface area contributed by atoms with Crippen molar-refractivity contribution in [2.75, 3.05) is 0 Å². The molecule has 0 aromatic rings. The molecule has 2 aliphatic rings. The van der Waals surface area contributed by atoms with Crippen molar-refractivity contribution in [3.05, 3.63) is 0 Å². The minimum absolute atomic E-state index is 0.0376. The molecule has 2 aliphatic carbocycles. The highest BCUT2D eigenvalue weighted by Crippen LogP contribution is 2.47. The molecule has 4 unspecified atom stereocenters. The topological polar surface area (TPSA) is 26.3 Å². The summed E-state index contributed by atoms with van der Waals surface area (Å²) in [6.07, 6.45) is 10.9. The van der Waals surface area contributed by atoms with Crippen LogP contribution in [-0.4, -0.2) is 11.6 Å². The highest BCUT2D eigenvalue weighted by atomic mass is 16.6. The van der Waals surface area contributed by atoms with E-state index < -0.39 is 0 Å². The normalized spacial score (nSPS) is 36.4. The predicted octanol–water partition coefficient (Wildman–Crippen LogP) is 4.71. The Labute approximate surface area is 118 Å². The van der Waals surface area contributed by atoms with Crippen molar-refractivity contribution < 1.29 is 9.53 Å². The standard InChI is InChI=1S/C17H30O2/c1-4-8-13(2)16(18)19-17(3)12-7-10-14-9-5-6-11-15(14)17/h13-15H,4-12H2,1-3H3. The Bertz CT molecular complexity index is 310. The molecule has 0 amide bonds. The fourth-order valence-corrected chi connectivity index (χ4v) is 4.27. The van der Waals surface area contributed by atoms with Crippen LogP contribution in [-0.2, 0) is 9.53 Å². The zero-order chi connectivity index (χ0) is 13.9. The van der Waals surface area contributed by atoms with Crippen molar-refractivity contribution >= 4 is 5.97 Å². The van der Waals surface area contributed by atoms with Crippen LogP contribution in [0.1, 0.15) is 78.6 Å². The number of fused-ring (bicyclic) bond motifs is 1. The number of carbonyl (C=O) groups excluding carboxylic acids is 1. The van der Waals surface area contributed by atoms with Crippen LogP contribution in [0.2, 0.25) is 0 Å². The van der Waals surface area contributed by atoms with Gasteiger partial charge in [0.1, 0.15) is 5.60 Å². The van der Waals surface area contributed by atoms with E-state index >= 15 is 0 Å². The third-order valence-electron chi connectivity index (χ3n) is 5.40. The molecule has 2 nitrogen and oxygen atoms in total. The third-order valence-corrected chi connectivity index (χ3v) is 5.40. The Hall–Kier alpha value is -0.530. The van der Waals surface area contributed by atoms with Crippen LogP contribution in [0.3, 0.4) is 0 Å². The summed E-state index contributed by atoms with van der Waals surface area (Å²) in [6, 6.07) is 0. The second-order valence-corrected chi connectivity index (χ2v) is 6.97. The molecular formula is C17H30O2. The average Bonchev–Trinajstić information content (AvgIpc) is 2.39. The first-order valence-corrected chi connectivity index (χ1v) is 8.29. The van der Waals surface area contributed by atoms with Crippen molar-refractivity contribution in [3.63, 3.8) is 0 Å². The molecule has 2 fully saturated rings. The van der Waals surface area contributed by atoms with Crippen LogP contribution >= 0.6 is 0 Å². The zero-order valence-corrected chi connectivity index (χ0v) is 12.9. The number of carbonyl (C=O) groups is 1. The molecule has 0 aliphatic heterocycles. The van der Waals surface area contributed by atoms with Crippen molar-refractivity contribution in [2.45, 2.75) is 84.2 Å². The summed E-state index contributed by atoms with van der Waals surface area (Å²) >= 11 is 0. The number of hydrogen-bond donors (Lipinski definition) is 0. The molecule has 0 N–H and O–H groups in total. The van der Waals surface area contributed by atoms with Crippen LogP contribution < -0.4 is 0 Å². The lowest BCUT2D eigenvalue weighted by atomic mass is 9.63. The second-order valence-electron chi connectivity index (χ2n) is 6.97. The van der Waals surface area contributed by atoms with Gasteiger partial charge in [0, 0.05) is 5.92 Å². The fraction of sp³-hybridized carbons (Fsp3) is 0.941. The summed E-state index contributed by atoms with van der Waals surface area (Å²) < 4.78 is 6.02. The molecule has 2 saturated carbocycles. The maximum atomic E-state index is 12.3. The molecule has 0 heterocycles. The summed E-state index contributed by atoms with van der Waals surface area (Å²) in [5, 5.41) is 0. The molecule has 0 saturated heterocycles. The van der Waals surface area contributed by atoms with Gasteiger partial charge in [-0.1, -0.05) is 39.5 Å². The van der Waals surface area contributed by atoms with Gasteiger partial charge in [0.2, 0.25) is 0 Å². The van der Waals surface area contributed by atoms with E-state index in [0.29, 0.717) is 5.92 Å². The zero-order valence-electron chi connectivity index (χ0n) is 12.9. The Morgan fingerprint density at radius 3 is 2.68 bits per heavy atom. The van der Waals surface area contributed by atoms with E-state index in [4.69, 9.17) is 4.74 Å². The van der Waals surface area contributed by atoms with Crippen molar-refractivity contribution in [3.8, 4) is 0 Å². The monoisotopic (exact) mass is 266 g/mol. The van der Waals surface area contributed by atoms with E-state index in [1.165, 1.54) is 38.5 Å². The van der Waals surface area contributed by atoms with Gasteiger partial charge in [-0.05, 0) is 44.9 Å². The Kier molecular flexibility index (Phi) is 4.92. The first-order chi connectivity index (χ1) is 9.07. The predicted molar refractivity (Wildman–Crippen MR) is 77.9 cm³/mol. The molecule has 2 rings (SSSR count). The maximum Gasteiger partial charge on any atom is 0.309 e. The molecule has 19 heavy (non-hydrogen) atoms. The van der Waals surface area contributed by atoms with Crippen molar-refractivity contribution in [1.29, 1.82) is 0 Å². The molecule has 0 radical (unpaired) electrons. The Morgan fingerprint density at radius 1 is 1.26 bits per heavy atom. The van der Waals surface area contributed by atoms with Crippen LogP contribution in [0.25, 0.3) is 0 Å². The summed E-state index contributed by atoms with van der Waals surface area (Å²) in [6.45, 7) is 6.34. The fourth-order valence-electron chi connectivity index (χ4n) is 4.27. The molecule has 110 valence electrons. The Morgan fingerprint density at radius 2 is 1.95 bits per heavy atom. The van der Waals surface area contributed by atoms with E-state index in [-0.39, 0.29) is 17.5 Å². The molecule has 2 heteroatoms. The smallest absolute Gasteiger partial charge is 0.309 e. The molecular weight excluding hydrogens is 236 g/mol. The van der Waals surface area contributed by atoms with Gasteiger partial charge in [0.15, 0.2) is 0 Å². The lowest BCUT2D eigenvalue weighted by Crippen LogP contribution is -2.48. The van der Waals surface area contributed by atoms with Crippen molar-refractivity contribution in [2.24, 2.45) is 17.8 Å². The number of ether oxygens (including phenoxy) is 1. The third kappa shape index (κ3) is 3.32. The summed E-state index contributed by atoms with van der Waals surface area (Å²) in [7, 11) is 0. The summed E-state index contributed by atoms with van der Waals surface area (Å²) in [5.74, 6) is 1.52. The largest absolute Gasteiger partial charge is 0.459 e. The highest BCUT2D eigenvalue weighted by molar-refractivity contribution is 5.72. The number of rotatable bonds is 4. The van der Waals surface area contributed by atoms with Crippen LogP contribution in [0.5, 0.6) is 0 Å². The molecule has 4 atom stereocenters. The van der Waals surface area contributed by atoms with Gasteiger partial charge in [-0.25, -0.2) is 0 Å². The van der Waals surface area contributed by atoms with Crippen LogP contribution in [0.15, 0.2) is 0 Å². The van der Waals surface area contributed by atoms with Gasteiger partial charge in [-0.2, -0.15) is 0 Å². The average molecular weight is 266 g/mol. The Balaban J connectivity index is 2.01. The van der Waals surface area contributed by atoms with E-state index in [1.54, 1.807) is 0 Å². The highest BCUT2D eigenvalue weighted by Gasteiger charge is 2.46. The molecule has 0 spiro atoms. The van der Waals surface area contributed by atoms with Gasteiger partial charge in [-0.15, -0.1) is 0 Å². The van der Waals surface area contributed by atoms with Gasteiger partial charge < -0.3 is 4.74 Å². The van der Waals surface area contributed by atoms with E-state index in [1.807, 2.05) is 6.92 Å². The minimum atomic E-state index is -0.178. The van der Waals surface area contributed by atoms with E-state index in [9.17, 15) is 4.79 Å². The van der Waals surface area contributed by atoms with Crippen molar-refractivity contribution in [1.82, 2.24) is 0 Å². The number of hydrogen-bond acceptors (Lipinski definition) is 2. The van der Waals surface area contributed by atoms with Gasteiger partial charge in [0.05, 0.1) is 5.92 Å². The number of esters is 1. The minimum Gasteiger partial charge on any atom is -0.459 e. The lowest BCUT2D eigenvalue weighted by molar-refractivity contribution is -0.178. The SMILES string of the molecule is CCCC(C)C(=O)OC1(C)CCCC2CCCCC21. The van der Waals surface area contributed by atoms with E-state index in [2.05, 4.69) is 13.8 Å². The molecule has 0 bridgehead atoms. The van der Waals surface area contributed by atoms with Gasteiger partial charge in [0.25, 0.3) is 0 Å². The van der Waals surface area contributed by atoms with Gasteiger partial charge in [-0.3, -0.25) is 4.79 Å². The van der Waals surface area contributed by atoms with Crippen LogP contribution in [0, 0.1) is 17.8 Å². The second kappa shape index (κ2) is 6.28. The molecule has 0 aromatic heterocycles. The van der Waals surface area contributed by atoms with E-state index in [0.717, 1.165) is 25.2 Å². The summed E-state index contributed by atoms with van der Waals surface area (Å²) in [4.78, 5) is 12.3. The first-order valence-electron chi connectivity index (χ1n) is 8.29. The van der Waals surface area contributed by atoms with Crippen LogP contribution in [0.4, 0.5) is 0 Å².